The highest BCUT2D eigenvalue weighted by Gasteiger charge is 2.07. The number of nitrogens with zero attached hydrogens (tertiary/aromatic N) is 1. The van der Waals surface area contributed by atoms with Crippen molar-refractivity contribution in [3.8, 4) is 12.3 Å². The second kappa shape index (κ2) is 6.02. The minimum Gasteiger partial charge on any atom is -0.376 e. The molecule has 0 atom stereocenters. The van der Waals surface area contributed by atoms with E-state index in [0.717, 1.165) is 5.69 Å². The number of aryl methyl sites for hydroxylation is 1. The fraction of sp³-hybridized carbons (Fsp3) is 0.200. The fourth-order valence-electron chi connectivity index (χ4n) is 1.86. The Kier molecular flexibility index (Phi) is 4.16. The molecule has 0 aliphatic rings. The minimum absolute atomic E-state index is 0.0662. The van der Waals surface area contributed by atoms with Gasteiger partial charge >= 0.3 is 0 Å². The Morgan fingerprint density at radius 2 is 2.25 bits per heavy atom. The molecule has 2 N–H and O–H groups in total. The minimum atomic E-state index is -0.344. The lowest BCUT2D eigenvalue weighted by molar-refractivity contribution is -0.119. The number of hydrogen-bond acceptors (Lipinski definition) is 3. The Hall–Kier alpha value is -2.61. The fourth-order valence-corrected chi connectivity index (χ4v) is 1.86. The van der Waals surface area contributed by atoms with Crippen LogP contribution in [-0.4, -0.2) is 24.0 Å². The maximum absolute atomic E-state index is 13.3. The van der Waals surface area contributed by atoms with Gasteiger partial charge in [0.25, 0.3) is 0 Å². The van der Waals surface area contributed by atoms with Crippen molar-refractivity contribution < 1.29 is 9.18 Å². The highest BCUT2D eigenvalue weighted by molar-refractivity contribution is 5.93. The molecular weight excluding hydrogens is 257 g/mol. The molecule has 1 heterocycles. The van der Waals surface area contributed by atoms with Crippen molar-refractivity contribution in [3.05, 3.63) is 35.8 Å². The third-order valence-corrected chi connectivity index (χ3v) is 2.73. The molecule has 0 spiro atoms. The number of terminal acetylenes is 1. The van der Waals surface area contributed by atoms with Gasteiger partial charge in [-0.2, -0.15) is 0 Å². The summed E-state index contributed by atoms with van der Waals surface area (Å²) in [6.45, 7) is 2.09. The molecule has 1 aromatic heterocycles. The number of hydrogen-bond donors (Lipinski definition) is 2. The zero-order valence-electron chi connectivity index (χ0n) is 11.0. The van der Waals surface area contributed by atoms with Crippen molar-refractivity contribution in [1.29, 1.82) is 0 Å². The molecule has 2 rings (SSSR count). The monoisotopic (exact) mass is 271 g/mol. The van der Waals surface area contributed by atoms with E-state index in [2.05, 4.69) is 21.5 Å². The molecule has 2 aromatic rings. The number of nitrogens with one attached hydrogen (secondary N) is 2. The van der Waals surface area contributed by atoms with Crippen molar-refractivity contribution >= 4 is 22.5 Å². The number of carbonyl (C=O) groups is 1. The van der Waals surface area contributed by atoms with Crippen molar-refractivity contribution in [2.75, 3.05) is 18.4 Å². The molecular formula is C15H14FN3O. The van der Waals surface area contributed by atoms with Crippen LogP contribution in [0.3, 0.4) is 0 Å². The molecule has 1 amide bonds. The van der Waals surface area contributed by atoms with Gasteiger partial charge in [-0.25, -0.2) is 4.39 Å². The first-order chi connectivity index (χ1) is 9.60. The van der Waals surface area contributed by atoms with Crippen LogP contribution in [-0.2, 0) is 4.79 Å². The summed E-state index contributed by atoms with van der Waals surface area (Å²) in [7, 11) is 0. The van der Waals surface area contributed by atoms with Gasteiger partial charge in [0.1, 0.15) is 5.82 Å². The lowest BCUT2D eigenvalue weighted by Crippen LogP contribution is -2.30. The average Bonchev–Trinajstić information content (AvgIpc) is 2.43. The molecule has 4 nitrogen and oxygen atoms in total. The molecule has 0 unspecified atom stereocenters. The maximum Gasteiger partial charge on any atom is 0.240 e. The SMILES string of the molecule is C#CCNC(=O)CNc1cc(C)nc2ccc(F)cc12. The lowest BCUT2D eigenvalue weighted by Gasteiger charge is -2.10. The average molecular weight is 271 g/mol. The summed E-state index contributed by atoms with van der Waals surface area (Å²) in [5, 5.41) is 6.17. The second-order valence-electron chi connectivity index (χ2n) is 4.31. The summed E-state index contributed by atoms with van der Waals surface area (Å²) in [6.07, 6.45) is 5.06. The summed E-state index contributed by atoms with van der Waals surface area (Å²) in [6, 6.07) is 6.14. The highest BCUT2D eigenvalue weighted by Crippen LogP contribution is 2.23. The number of fused-ring (bicyclic) bond motifs is 1. The van der Waals surface area contributed by atoms with E-state index in [4.69, 9.17) is 6.42 Å². The van der Waals surface area contributed by atoms with Gasteiger partial charge in [-0.15, -0.1) is 6.42 Å². The molecule has 0 radical (unpaired) electrons. The summed E-state index contributed by atoms with van der Waals surface area (Å²) in [5.74, 6) is 1.76. The van der Waals surface area contributed by atoms with Crippen LogP contribution >= 0.6 is 0 Å². The van der Waals surface area contributed by atoms with Gasteiger partial charge in [0.2, 0.25) is 5.91 Å². The van der Waals surface area contributed by atoms with Crippen LogP contribution in [0.2, 0.25) is 0 Å². The molecule has 0 bridgehead atoms. The van der Waals surface area contributed by atoms with Crippen LogP contribution in [0.4, 0.5) is 10.1 Å². The number of anilines is 1. The van der Waals surface area contributed by atoms with Crippen molar-refractivity contribution in [2.24, 2.45) is 0 Å². The molecule has 0 aliphatic carbocycles. The van der Waals surface area contributed by atoms with E-state index in [-0.39, 0.29) is 24.8 Å². The predicted molar refractivity (Wildman–Crippen MR) is 76.8 cm³/mol. The van der Waals surface area contributed by atoms with E-state index in [1.807, 2.05) is 6.92 Å². The third kappa shape index (κ3) is 3.23. The van der Waals surface area contributed by atoms with Crippen molar-refractivity contribution in [3.63, 3.8) is 0 Å². The van der Waals surface area contributed by atoms with Gasteiger partial charge < -0.3 is 10.6 Å². The standard InChI is InChI=1S/C15H14FN3O/c1-3-6-17-15(20)9-18-14-7-10(2)19-13-5-4-11(16)8-12(13)14/h1,4-5,7-8H,6,9H2,2H3,(H,17,20)(H,18,19). The predicted octanol–water partition coefficient (Wildman–Crippen LogP) is 1.84. The van der Waals surface area contributed by atoms with Gasteiger partial charge in [0, 0.05) is 16.8 Å². The van der Waals surface area contributed by atoms with Crippen LogP contribution in [0.1, 0.15) is 5.69 Å². The van der Waals surface area contributed by atoms with Gasteiger partial charge in [0.15, 0.2) is 0 Å². The molecule has 0 fully saturated rings. The first kappa shape index (κ1) is 13.8. The summed E-state index contributed by atoms with van der Waals surface area (Å²) in [4.78, 5) is 15.8. The zero-order chi connectivity index (χ0) is 14.5. The summed E-state index contributed by atoms with van der Waals surface area (Å²) >= 11 is 0. The summed E-state index contributed by atoms with van der Waals surface area (Å²) in [5.41, 5.74) is 2.14. The molecule has 0 saturated heterocycles. The third-order valence-electron chi connectivity index (χ3n) is 2.73. The van der Waals surface area contributed by atoms with E-state index in [0.29, 0.717) is 16.6 Å². The van der Waals surface area contributed by atoms with Gasteiger partial charge in [-0.05, 0) is 31.2 Å². The van der Waals surface area contributed by atoms with E-state index in [1.165, 1.54) is 12.1 Å². The van der Waals surface area contributed by atoms with E-state index >= 15 is 0 Å². The second-order valence-corrected chi connectivity index (χ2v) is 4.31. The van der Waals surface area contributed by atoms with Crippen LogP contribution in [0.15, 0.2) is 24.3 Å². The molecule has 0 aliphatic heterocycles. The number of pyridine rings is 1. The lowest BCUT2D eigenvalue weighted by atomic mass is 10.1. The Labute approximate surface area is 116 Å². The Bertz CT molecular complexity index is 691. The largest absolute Gasteiger partial charge is 0.376 e. The number of rotatable bonds is 4. The first-order valence-electron chi connectivity index (χ1n) is 6.11. The quantitative estimate of drug-likeness (QED) is 0.834. The number of carbonyl (C=O) groups excluding carboxylic acids is 1. The Morgan fingerprint density at radius 3 is 3.00 bits per heavy atom. The molecule has 102 valence electrons. The van der Waals surface area contributed by atoms with E-state index in [9.17, 15) is 9.18 Å². The van der Waals surface area contributed by atoms with Gasteiger partial charge in [-0.1, -0.05) is 5.92 Å². The van der Waals surface area contributed by atoms with Crippen molar-refractivity contribution in [1.82, 2.24) is 10.3 Å². The Morgan fingerprint density at radius 1 is 1.45 bits per heavy atom. The number of benzene rings is 1. The highest BCUT2D eigenvalue weighted by atomic mass is 19.1. The van der Waals surface area contributed by atoms with E-state index in [1.54, 1.807) is 12.1 Å². The molecule has 5 heteroatoms. The van der Waals surface area contributed by atoms with Crippen LogP contribution in [0.5, 0.6) is 0 Å². The number of halogens is 1. The number of aromatic nitrogens is 1. The van der Waals surface area contributed by atoms with E-state index < -0.39 is 0 Å². The summed E-state index contributed by atoms with van der Waals surface area (Å²) < 4.78 is 13.3. The number of amides is 1. The maximum atomic E-state index is 13.3. The topological polar surface area (TPSA) is 54.0 Å². The first-order valence-corrected chi connectivity index (χ1v) is 6.11. The van der Waals surface area contributed by atoms with Crippen LogP contribution in [0, 0.1) is 25.1 Å². The molecule has 1 aromatic carbocycles. The van der Waals surface area contributed by atoms with Crippen molar-refractivity contribution in [2.45, 2.75) is 6.92 Å². The van der Waals surface area contributed by atoms with Gasteiger partial charge in [0.05, 0.1) is 18.6 Å². The van der Waals surface area contributed by atoms with Crippen LogP contribution < -0.4 is 10.6 Å². The smallest absolute Gasteiger partial charge is 0.240 e. The normalized spacial score (nSPS) is 10.1. The zero-order valence-corrected chi connectivity index (χ0v) is 11.0. The molecule has 20 heavy (non-hydrogen) atoms. The Balaban J connectivity index is 2.23. The molecule has 0 saturated carbocycles. The van der Waals surface area contributed by atoms with Crippen LogP contribution in [0.25, 0.3) is 10.9 Å². The van der Waals surface area contributed by atoms with Gasteiger partial charge in [-0.3, -0.25) is 9.78 Å².